The summed E-state index contributed by atoms with van der Waals surface area (Å²) in [7, 11) is 0. The van der Waals surface area contributed by atoms with E-state index in [1.165, 1.54) is 12.1 Å². The van der Waals surface area contributed by atoms with E-state index in [1.807, 2.05) is 0 Å². The molecule has 1 aliphatic rings. The maximum absolute atomic E-state index is 12.7. The van der Waals surface area contributed by atoms with Crippen LogP contribution < -0.4 is 5.32 Å². The molecule has 0 unspecified atom stereocenters. The molecule has 1 aromatic rings. The summed E-state index contributed by atoms with van der Waals surface area (Å²) in [6.45, 7) is 0.0936. The van der Waals surface area contributed by atoms with Crippen molar-refractivity contribution in [3.63, 3.8) is 0 Å². The van der Waals surface area contributed by atoms with Crippen molar-refractivity contribution in [1.29, 1.82) is 0 Å². The van der Waals surface area contributed by atoms with Crippen molar-refractivity contribution in [2.24, 2.45) is 0 Å². The zero-order valence-electron chi connectivity index (χ0n) is 6.55. The maximum Gasteiger partial charge on any atom is 0.123 e. The van der Waals surface area contributed by atoms with E-state index in [4.69, 9.17) is 5.11 Å². The number of aliphatic hydroxyl groups excluding tert-OH is 1. The van der Waals surface area contributed by atoms with Crippen LogP contribution in [0.1, 0.15) is 5.56 Å². The van der Waals surface area contributed by atoms with Gasteiger partial charge in [-0.3, -0.25) is 0 Å². The Labute approximate surface area is 70.0 Å². The van der Waals surface area contributed by atoms with Gasteiger partial charge in [-0.1, -0.05) is 0 Å². The van der Waals surface area contributed by atoms with Gasteiger partial charge in [-0.05, 0) is 30.2 Å². The first-order chi connectivity index (χ1) is 5.79. The summed E-state index contributed by atoms with van der Waals surface area (Å²) >= 11 is 0. The smallest absolute Gasteiger partial charge is 0.123 e. The standard InChI is InChI=1S/C9H10FNO/c10-7-1-2-9-6(3-7)4-8(5-12)11-9/h1-3,8,11-12H,4-5H2/t8-/m0/s1. The first-order valence-corrected chi connectivity index (χ1v) is 3.95. The first kappa shape index (κ1) is 7.55. The number of anilines is 1. The van der Waals surface area contributed by atoms with Crippen LogP contribution in [0.25, 0.3) is 0 Å². The van der Waals surface area contributed by atoms with Gasteiger partial charge in [0.15, 0.2) is 0 Å². The molecule has 0 bridgehead atoms. The average molecular weight is 167 g/mol. The minimum Gasteiger partial charge on any atom is -0.394 e. The molecule has 0 radical (unpaired) electrons. The Balaban J connectivity index is 2.30. The highest BCUT2D eigenvalue weighted by atomic mass is 19.1. The number of fused-ring (bicyclic) bond motifs is 1. The molecule has 0 fully saturated rings. The highest BCUT2D eigenvalue weighted by molar-refractivity contribution is 5.56. The Bertz CT molecular complexity index is 301. The number of rotatable bonds is 1. The normalized spacial score (nSPS) is 20.3. The summed E-state index contributed by atoms with van der Waals surface area (Å²) in [5, 5.41) is 11.9. The van der Waals surface area contributed by atoms with E-state index in [1.54, 1.807) is 6.07 Å². The molecule has 1 atom stereocenters. The summed E-state index contributed by atoms with van der Waals surface area (Å²) in [6, 6.07) is 4.70. The lowest BCUT2D eigenvalue weighted by atomic mass is 10.1. The molecule has 2 N–H and O–H groups in total. The molecule has 12 heavy (non-hydrogen) atoms. The Morgan fingerprint density at radius 3 is 3.17 bits per heavy atom. The van der Waals surface area contributed by atoms with Gasteiger partial charge >= 0.3 is 0 Å². The molecule has 0 aliphatic carbocycles. The lowest BCUT2D eigenvalue weighted by Crippen LogP contribution is -2.19. The predicted molar refractivity (Wildman–Crippen MR) is 44.6 cm³/mol. The molecule has 0 saturated carbocycles. The van der Waals surface area contributed by atoms with E-state index >= 15 is 0 Å². The van der Waals surface area contributed by atoms with Gasteiger partial charge in [-0.25, -0.2) is 4.39 Å². The third-order valence-electron chi connectivity index (χ3n) is 2.11. The maximum atomic E-state index is 12.7. The second-order valence-electron chi connectivity index (χ2n) is 3.03. The highest BCUT2D eigenvalue weighted by Crippen LogP contribution is 2.25. The van der Waals surface area contributed by atoms with E-state index < -0.39 is 0 Å². The molecule has 2 nitrogen and oxygen atoms in total. The van der Waals surface area contributed by atoms with Gasteiger partial charge in [-0.15, -0.1) is 0 Å². The number of benzene rings is 1. The number of aliphatic hydroxyl groups is 1. The van der Waals surface area contributed by atoms with Crippen LogP contribution >= 0.6 is 0 Å². The minimum absolute atomic E-state index is 0.0572. The van der Waals surface area contributed by atoms with Gasteiger partial charge in [0.05, 0.1) is 12.6 Å². The Kier molecular flexibility index (Phi) is 1.73. The van der Waals surface area contributed by atoms with Crippen LogP contribution in [0, 0.1) is 5.82 Å². The van der Waals surface area contributed by atoms with Gasteiger partial charge in [-0.2, -0.15) is 0 Å². The Hall–Kier alpha value is -1.09. The fraction of sp³-hybridized carbons (Fsp3) is 0.333. The molecule has 3 heteroatoms. The summed E-state index contributed by atoms with van der Waals surface area (Å²) < 4.78 is 12.7. The van der Waals surface area contributed by atoms with Crippen LogP contribution in [0.2, 0.25) is 0 Å². The van der Waals surface area contributed by atoms with E-state index in [2.05, 4.69) is 5.32 Å². The fourth-order valence-corrected chi connectivity index (χ4v) is 1.52. The van der Waals surface area contributed by atoms with E-state index in [0.29, 0.717) is 6.42 Å². The van der Waals surface area contributed by atoms with E-state index in [9.17, 15) is 4.39 Å². The van der Waals surface area contributed by atoms with Crippen LogP contribution in [-0.4, -0.2) is 17.8 Å². The van der Waals surface area contributed by atoms with Crippen LogP contribution in [-0.2, 0) is 6.42 Å². The number of hydrogen-bond acceptors (Lipinski definition) is 2. The van der Waals surface area contributed by atoms with E-state index in [0.717, 1.165) is 11.3 Å². The second kappa shape index (κ2) is 2.75. The van der Waals surface area contributed by atoms with Gasteiger partial charge in [0.25, 0.3) is 0 Å². The second-order valence-corrected chi connectivity index (χ2v) is 3.03. The van der Waals surface area contributed by atoms with Crippen molar-refractivity contribution in [2.75, 3.05) is 11.9 Å². The molecule has 1 heterocycles. The van der Waals surface area contributed by atoms with Gasteiger partial charge in [0, 0.05) is 5.69 Å². The lowest BCUT2D eigenvalue weighted by molar-refractivity contribution is 0.277. The molecule has 0 spiro atoms. The van der Waals surface area contributed by atoms with Crippen molar-refractivity contribution >= 4 is 5.69 Å². The van der Waals surface area contributed by atoms with Crippen LogP contribution in [0.4, 0.5) is 10.1 Å². The molecule has 0 saturated heterocycles. The zero-order valence-corrected chi connectivity index (χ0v) is 6.55. The van der Waals surface area contributed by atoms with Crippen molar-refractivity contribution in [3.05, 3.63) is 29.6 Å². The largest absolute Gasteiger partial charge is 0.394 e. The number of nitrogens with one attached hydrogen (secondary N) is 1. The zero-order chi connectivity index (χ0) is 8.55. The first-order valence-electron chi connectivity index (χ1n) is 3.95. The Morgan fingerprint density at radius 2 is 2.42 bits per heavy atom. The third kappa shape index (κ3) is 1.16. The number of halogens is 1. The molecular weight excluding hydrogens is 157 g/mol. The number of hydrogen-bond donors (Lipinski definition) is 2. The van der Waals surface area contributed by atoms with Crippen molar-refractivity contribution in [3.8, 4) is 0 Å². The molecule has 2 rings (SSSR count). The summed E-state index contributed by atoms with van der Waals surface area (Å²) in [6.07, 6.45) is 0.712. The average Bonchev–Trinajstić information content (AvgIpc) is 2.46. The van der Waals surface area contributed by atoms with Gasteiger partial charge < -0.3 is 10.4 Å². The van der Waals surface area contributed by atoms with Crippen molar-refractivity contribution in [2.45, 2.75) is 12.5 Å². The van der Waals surface area contributed by atoms with Crippen LogP contribution in [0.5, 0.6) is 0 Å². The van der Waals surface area contributed by atoms with Gasteiger partial charge in [0.2, 0.25) is 0 Å². The monoisotopic (exact) mass is 167 g/mol. The topological polar surface area (TPSA) is 32.3 Å². The lowest BCUT2D eigenvalue weighted by Gasteiger charge is -2.04. The van der Waals surface area contributed by atoms with Gasteiger partial charge in [0.1, 0.15) is 5.82 Å². The molecule has 0 aromatic heterocycles. The summed E-state index contributed by atoms with van der Waals surface area (Å²) in [5.74, 6) is -0.214. The molecule has 1 aromatic carbocycles. The van der Waals surface area contributed by atoms with Crippen molar-refractivity contribution in [1.82, 2.24) is 0 Å². The van der Waals surface area contributed by atoms with E-state index in [-0.39, 0.29) is 18.5 Å². The highest BCUT2D eigenvalue weighted by Gasteiger charge is 2.19. The SMILES string of the molecule is OC[C@@H]1Cc2cc(F)ccc2N1. The van der Waals surface area contributed by atoms with Crippen LogP contribution in [0.15, 0.2) is 18.2 Å². The van der Waals surface area contributed by atoms with Crippen molar-refractivity contribution < 1.29 is 9.50 Å². The molecular formula is C9H10FNO. The quantitative estimate of drug-likeness (QED) is 0.657. The Morgan fingerprint density at radius 1 is 1.58 bits per heavy atom. The molecule has 0 amide bonds. The third-order valence-corrected chi connectivity index (χ3v) is 2.11. The predicted octanol–water partition coefficient (Wildman–Crippen LogP) is 1.15. The summed E-state index contributed by atoms with van der Waals surface area (Å²) in [4.78, 5) is 0. The molecule has 64 valence electrons. The fourth-order valence-electron chi connectivity index (χ4n) is 1.52. The summed E-state index contributed by atoms with van der Waals surface area (Å²) in [5.41, 5.74) is 1.89. The minimum atomic E-state index is -0.214. The van der Waals surface area contributed by atoms with Crippen LogP contribution in [0.3, 0.4) is 0 Å². The molecule has 1 aliphatic heterocycles.